The first-order chi connectivity index (χ1) is 10.0. The molecule has 1 aliphatic carbocycles. The third kappa shape index (κ3) is 2.80. The number of piperidine rings is 1. The Bertz CT molecular complexity index is 578. The number of hydrogen-bond acceptors (Lipinski definition) is 5. The molecular formula is C14H19N3O3S. The Balaban J connectivity index is 1.55. The van der Waals surface area contributed by atoms with Crippen LogP contribution in [0.3, 0.4) is 0 Å². The zero-order chi connectivity index (χ0) is 15.0. The van der Waals surface area contributed by atoms with Crippen molar-refractivity contribution in [3.8, 4) is 0 Å². The van der Waals surface area contributed by atoms with Gasteiger partial charge in [-0.2, -0.15) is 0 Å². The van der Waals surface area contributed by atoms with Gasteiger partial charge in [0.25, 0.3) is 0 Å². The van der Waals surface area contributed by atoms with Crippen LogP contribution in [0, 0.1) is 18.3 Å². The Hall–Kier alpha value is -1.47. The fourth-order valence-electron chi connectivity index (χ4n) is 3.21. The van der Waals surface area contributed by atoms with Crippen molar-refractivity contribution in [1.29, 1.82) is 0 Å². The molecule has 0 radical (unpaired) electrons. The maximum atomic E-state index is 12.2. The molecule has 2 aliphatic rings. The molecule has 3 rings (SSSR count). The van der Waals surface area contributed by atoms with E-state index in [9.17, 15) is 9.59 Å². The standard InChI is InChI=1S/C14H19N3O3S/c1-8-11(13(19)20)21-10(17-8)7-16-12(18)9-6-14(9)2-4-15-5-3-14/h9,15H,2-7H2,1H3,(H,16,18)(H,19,20). The third-order valence-electron chi connectivity index (χ3n) is 4.55. The number of aromatic carboxylic acids is 1. The quantitative estimate of drug-likeness (QED) is 0.776. The summed E-state index contributed by atoms with van der Waals surface area (Å²) in [6.45, 7) is 3.99. The summed E-state index contributed by atoms with van der Waals surface area (Å²) in [4.78, 5) is 27.6. The highest BCUT2D eigenvalue weighted by Crippen LogP contribution is 2.58. The molecule has 0 bridgehead atoms. The minimum Gasteiger partial charge on any atom is -0.477 e. The molecule has 1 aromatic heterocycles. The Kier molecular flexibility index (Phi) is 3.71. The van der Waals surface area contributed by atoms with Crippen LogP contribution in [-0.4, -0.2) is 35.1 Å². The van der Waals surface area contributed by atoms with Gasteiger partial charge in [0.15, 0.2) is 0 Å². The minimum absolute atomic E-state index is 0.0848. The Morgan fingerprint density at radius 1 is 1.48 bits per heavy atom. The van der Waals surface area contributed by atoms with Crippen molar-refractivity contribution < 1.29 is 14.7 Å². The second kappa shape index (κ2) is 5.38. The van der Waals surface area contributed by atoms with Gasteiger partial charge in [-0.1, -0.05) is 0 Å². The van der Waals surface area contributed by atoms with Gasteiger partial charge in [0.1, 0.15) is 9.88 Å². The van der Waals surface area contributed by atoms with Crippen LogP contribution in [0.15, 0.2) is 0 Å². The van der Waals surface area contributed by atoms with E-state index in [1.54, 1.807) is 6.92 Å². The molecular weight excluding hydrogens is 290 g/mol. The van der Waals surface area contributed by atoms with Crippen LogP contribution in [0.5, 0.6) is 0 Å². The number of nitrogens with one attached hydrogen (secondary N) is 2. The fraction of sp³-hybridized carbons (Fsp3) is 0.643. The number of aromatic nitrogens is 1. The summed E-state index contributed by atoms with van der Waals surface area (Å²) < 4.78 is 0. The van der Waals surface area contributed by atoms with Crippen molar-refractivity contribution in [3.05, 3.63) is 15.6 Å². The van der Waals surface area contributed by atoms with E-state index in [1.165, 1.54) is 0 Å². The molecule has 2 heterocycles. The number of aryl methyl sites for hydroxylation is 1. The summed E-state index contributed by atoms with van der Waals surface area (Å²) >= 11 is 1.13. The maximum Gasteiger partial charge on any atom is 0.347 e. The Labute approximate surface area is 127 Å². The molecule has 1 unspecified atom stereocenters. The van der Waals surface area contributed by atoms with Crippen LogP contribution in [0.1, 0.15) is 39.6 Å². The second-order valence-electron chi connectivity index (χ2n) is 5.91. The topological polar surface area (TPSA) is 91.3 Å². The van der Waals surface area contributed by atoms with Crippen molar-refractivity contribution in [1.82, 2.24) is 15.6 Å². The number of hydrogen-bond donors (Lipinski definition) is 3. The number of amides is 1. The average Bonchev–Trinajstić information content (AvgIpc) is 3.00. The van der Waals surface area contributed by atoms with Crippen molar-refractivity contribution in [2.45, 2.75) is 32.7 Å². The van der Waals surface area contributed by atoms with Crippen LogP contribution in [0.4, 0.5) is 0 Å². The van der Waals surface area contributed by atoms with E-state index in [0.717, 1.165) is 43.7 Å². The van der Waals surface area contributed by atoms with Crippen molar-refractivity contribution >= 4 is 23.2 Å². The molecule has 1 aliphatic heterocycles. The molecule has 0 aromatic carbocycles. The largest absolute Gasteiger partial charge is 0.477 e. The predicted molar refractivity (Wildman–Crippen MR) is 78.3 cm³/mol. The third-order valence-corrected chi connectivity index (χ3v) is 5.70. The SMILES string of the molecule is Cc1nc(CNC(=O)C2CC23CCNCC3)sc1C(=O)O. The summed E-state index contributed by atoms with van der Waals surface area (Å²) in [5.74, 6) is -0.750. The van der Waals surface area contributed by atoms with Crippen LogP contribution in [-0.2, 0) is 11.3 Å². The molecule has 6 nitrogen and oxygen atoms in total. The number of rotatable bonds is 4. The minimum atomic E-state index is -0.960. The molecule has 7 heteroatoms. The molecule has 3 N–H and O–H groups in total. The monoisotopic (exact) mass is 309 g/mol. The van der Waals surface area contributed by atoms with Gasteiger partial charge in [-0.25, -0.2) is 9.78 Å². The smallest absolute Gasteiger partial charge is 0.347 e. The molecule has 1 atom stereocenters. The van der Waals surface area contributed by atoms with E-state index in [1.807, 2.05) is 0 Å². The predicted octanol–water partition coefficient (Wildman–Crippen LogP) is 1.16. The zero-order valence-electron chi connectivity index (χ0n) is 11.9. The summed E-state index contributed by atoms with van der Waals surface area (Å²) in [6, 6.07) is 0. The molecule has 2 fully saturated rings. The van der Waals surface area contributed by atoms with Gasteiger partial charge in [-0.15, -0.1) is 11.3 Å². The normalized spacial score (nSPS) is 23.0. The lowest BCUT2D eigenvalue weighted by Crippen LogP contribution is -2.33. The first-order valence-corrected chi connectivity index (χ1v) is 8.01. The van der Waals surface area contributed by atoms with E-state index >= 15 is 0 Å². The number of carbonyl (C=O) groups is 2. The lowest BCUT2D eigenvalue weighted by Gasteiger charge is -2.23. The summed E-state index contributed by atoms with van der Waals surface area (Å²) in [7, 11) is 0. The molecule has 21 heavy (non-hydrogen) atoms. The highest BCUT2D eigenvalue weighted by molar-refractivity contribution is 7.13. The van der Waals surface area contributed by atoms with E-state index in [2.05, 4.69) is 15.6 Å². The van der Waals surface area contributed by atoms with E-state index in [0.29, 0.717) is 17.2 Å². The first kappa shape index (κ1) is 14.5. The zero-order valence-corrected chi connectivity index (χ0v) is 12.8. The van der Waals surface area contributed by atoms with Crippen LogP contribution in [0.2, 0.25) is 0 Å². The summed E-state index contributed by atoms with van der Waals surface area (Å²) in [6.07, 6.45) is 3.13. The number of carboxylic acid groups (broad SMARTS) is 1. The average molecular weight is 309 g/mol. The summed E-state index contributed by atoms with van der Waals surface area (Å²) in [5.41, 5.74) is 0.735. The Morgan fingerprint density at radius 2 is 2.19 bits per heavy atom. The maximum absolute atomic E-state index is 12.2. The number of carbonyl (C=O) groups excluding carboxylic acids is 1. The molecule has 1 saturated heterocycles. The molecule has 1 aromatic rings. The van der Waals surface area contributed by atoms with Crippen LogP contribution < -0.4 is 10.6 Å². The van der Waals surface area contributed by atoms with Crippen molar-refractivity contribution in [3.63, 3.8) is 0 Å². The van der Waals surface area contributed by atoms with Crippen LogP contribution >= 0.6 is 11.3 Å². The second-order valence-corrected chi connectivity index (χ2v) is 7.00. The van der Waals surface area contributed by atoms with E-state index in [-0.39, 0.29) is 22.1 Å². The fourth-order valence-corrected chi connectivity index (χ4v) is 4.05. The molecule has 1 spiro atoms. The lowest BCUT2D eigenvalue weighted by molar-refractivity contribution is -0.123. The first-order valence-electron chi connectivity index (χ1n) is 7.20. The van der Waals surface area contributed by atoms with E-state index in [4.69, 9.17) is 5.11 Å². The van der Waals surface area contributed by atoms with E-state index < -0.39 is 5.97 Å². The van der Waals surface area contributed by atoms with Gasteiger partial charge < -0.3 is 15.7 Å². The van der Waals surface area contributed by atoms with Gasteiger partial charge >= 0.3 is 5.97 Å². The van der Waals surface area contributed by atoms with Gasteiger partial charge in [0.2, 0.25) is 5.91 Å². The summed E-state index contributed by atoms with van der Waals surface area (Å²) in [5, 5.41) is 15.9. The highest BCUT2D eigenvalue weighted by Gasteiger charge is 2.57. The molecule has 1 saturated carbocycles. The van der Waals surface area contributed by atoms with Gasteiger partial charge in [-0.3, -0.25) is 4.79 Å². The lowest BCUT2D eigenvalue weighted by atomic mass is 9.92. The van der Waals surface area contributed by atoms with Gasteiger partial charge in [0, 0.05) is 5.92 Å². The van der Waals surface area contributed by atoms with Gasteiger partial charge in [-0.05, 0) is 44.7 Å². The van der Waals surface area contributed by atoms with Gasteiger partial charge in [0.05, 0.1) is 12.2 Å². The Morgan fingerprint density at radius 3 is 2.81 bits per heavy atom. The number of carboxylic acids is 1. The highest BCUT2D eigenvalue weighted by atomic mass is 32.1. The van der Waals surface area contributed by atoms with Crippen LogP contribution in [0.25, 0.3) is 0 Å². The van der Waals surface area contributed by atoms with Crippen molar-refractivity contribution in [2.24, 2.45) is 11.3 Å². The van der Waals surface area contributed by atoms with Crippen molar-refractivity contribution in [2.75, 3.05) is 13.1 Å². The molecule has 1 amide bonds. The number of thiazole rings is 1. The number of nitrogens with zero attached hydrogens (tertiary/aromatic N) is 1. The molecule has 114 valence electrons.